The lowest BCUT2D eigenvalue weighted by atomic mass is 9.97. The normalized spacial score (nSPS) is 17.7. The third-order valence-corrected chi connectivity index (χ3v) is 5.99. The Morgan fingerprint density at radius 2 is 1.80 bits per heavy atom. The molecule has 0 bridgehead atoms. The van der Waals surface area contributed by atoms with Gasteiger partial charge in [0.1, 0.15) is 0 Å². The van der Waals surface area contributed by atoms with Crippen molar-refractivity contribution in [2.24, 2.45) is 0 Å². The van der Waals surface area contributed by atoms with Crippen LogP contribution in [-0.2, 0) is 12.6 Å². The molecule has 0 saturated carbocycles. The van der Waals surface area contributed by atoms with Crippen LogP contribution in [0.3, 0.4) is 0 Å². The first-order chi connectivity index (χ1) is 12.0. The maximum atomic E-state index is 13.7. The number of hydrogen-bond donors (Lipinski definition) is 2. The van der Waals surface area contributed by atoms with Crippen molar-refractivity contribution >= 4 is 17.4 Å². The highest BCUT2D eigenvalue weighted by Gasteiger charge is 2.36. The van der Waals surface area contributed by atoms with Crippen LogP contribution in [0.1, 0.15) is 29.5 Å². The van der Waals surface area contributed by atoms with Gasteiger partial charge in [-0.15, -0.1) is 0 Å². The largest absolute Gasteiger partial charge is 0.416 e. The lowest BCUT2D eigenvalue weighted by molar-refractivity contribution is -0.138. The third kappa shape index (κ3) is 3.51. The zero-order chi connectivity index (χ0) is 17.4. The van der Waals surface area contributed by atoms with Crippen molar-refractivity contribution in [2.45, 2.75) is 41.3 Å². The second kappa shape index (κ2) is 6.57. The minimum Gasteiger partial charge on any atom is -0.382 e. The van der Waals surface area contributed by atoms with Crippen LogP contribution in [-0.4, -0.2) is 19.1 Å². The SMILES string of the molecule is FC(F)(F)c1cc(NC2CCNCC2)cc2c1Cc1ccccc1S2. The molecule has 0 amide bonds. The molecule has 2 aliphatic rings. The summed E-state index contributed by atoms with van der Waals surface area (Å²) in [7, 11) is 0. The Balaban J connectivity index is 1.71. The topological polar surface area (TPSA) is 24.1 Å². The summed E-state index contributed by atoms with van der Waals surface area (Å²) in [6.45, 7) is 1.80. The second-order valence-electron chi connectivity index (χ2n) is 6.55. The number of fused-ring (bicyclic) bond motifs is 2. The van der Waals surface area contributed by atoms with E-state index in [1.165, 1.54) is 17.8 Å². The van der Waals surface area contributed by atoms with E-state index < -0.39 is 11.7 Å². The number of nitrogens with one attached hydrogen (secondary N) is 2. The first-order valence-corrected chi connectivity index (χ1v) is 9.29. The fourth-order valence-electron chi connectivity index (χ4n) is 3.52. The summed E-state index contributed by atoms with van der Waals surface area (Å²) >= 11 is 1.44. The van der Waals surface area contributed by atoms with Gasteiger partial charge in [-0.25, -0.2) is 0 Å². The van der Waals surface area contributed by atoms with Crippen molar-refractivity contribution in [2.75, 3.05) is 18.4 Å². The maximum Gasteiger partial charge on any atom is 0.416 e. The van der Waals surface area contributed by atoms with Crippen molar-refractivity contribution in [3.05, 3.63) is 53.1 Å². The van der Waals surface area contributed by atoms with E-state index in [4.69, 9.17) is 0 Å². The molecule has 4 rings (SSSR count). The minimum atomic E-state index is -4.34. The molecule has 25 heavy (non-hydrogen) atoms. The minimum absolute atomic E-state index is 0.223. The van der Waals surface area contributed by atoms with Gasteiger partial charge in [0.2, 0.25) is 0 Å². The second-order valence-corrected chi connectivity index (χ2v) is 7.64. The highest BCUT2D eigenvalue weighted by molar-refractivity contribution is 7.99. The van der Waals surface area contributed by atoms with Gasteiger partial charge in [-0.3, -0.25) is 0 Å². The molecule has 0 unspecified atom stereocenters. The zero-order valence-corrected chi connectivity index (χ0v) is 14.4. The Bertz CT molecular complexity index is 783. The molecule has 2 aromatic rings. The molecule has 0 aliphatic carbocycles. The van der Waals surface area contributed by atoms with Crippen LogP contribution >= 0.6 is 11.8 Å². The van der Waals surface area contributed by atoms with Crippen LogP contribution in [0.2, 0.25) is 0 Å². The number of anilines is 1. The van der Waals surface area contributed by atoms with E-state index in [2.05, 4.69) is 10.6 Å². The Kier molecular flexibility index (Phi) is 4.41. The van der Waals surface area contributed by atoms with E-state index >= 15 is 0 Å². The lowest BCUT2D eigenvalue weighted by Gasteiger charge is -2.28. The Morgan fingerprint density at radius 3 is 2.56 bits per heavy atom. The van der Waals surface area contributed by atoms with E-state index in [0.29, 0.717) is 22.6 Å². The highest BCUT2D eigenvalue weighted by Crippen LogP contribution is 2.46. The van der Waals surface area contributed by atoms with E-state index in [-0.39, 0.29) is 6.04 Å². The van der Waals surface area contributed by atoms with Crippen molar-refractivity contribution in [3.63, 3.8) is 0 Å². The van der Waals surface area contributed by atoms with Crippen LogP contribution in [0.4, 0.5) is 18.9 Å². The summed E-state index contributed by atoms with van der Waals surface area (Å²) in [4.78, 5) is 1.76. The zero-order valence-electron chi connectivity index (χ0n) is 13.6. The van der Waals surface area contributed by atoms with Gasteiger partial charge >= 0.3 is 6.18 Å². The molecule has 0 spiro atoms. The number of alkyl halides is 3. The van der Waals surface area contributed by atoms with Gasteiger partial charge < -0.3 is 10.6 Å². The predicted octanol–water partition coefficient (Wildman–Crippen LogP) is 4.92. The van der Waals surface area contributed by atoms with Gasteiger partial charge in [0.05, 0.1) is 5.56 Å². The fourth-order valence-corrected chi connectivity index (χ4v) is 4.66. The van der Waals surface area contributed by atoms with E-state index in [1.807, 2.05) is 30.3 Å². The van der Waals surface area contributed by atoms with Gasteiger partial charge in [0.15, 0.2) is 0 Å². The van der Waals surface area contributed by atoms with Crippen LogP contribution in [0.15, 0.2) is 46.2 Å². The summed E-state index contributed by atoms with van der Waals surface area (Å²) in [6, 6.07) is 11.1. The summed E-state index contributed by atoms with van der Waals surface area (Å²) < 4.78 is 41.0. The lowest BCUT2D eigenvalue weighted by Crippen LogP contribution is -2.35. The van der Waals surface area contributed by atoms with Crippen molar-refractivity contribution in [3.8, 4) is 0 Å². The molecule has 2 heterocycles. The average molecular weight is 364 g/mol. The van der Waals surface area contributed by atoms with Gasteiger partial charge in [-0.1, -0.05) is 30.0 Å². The summed E-state index contributed by atoms with van der Waals surface area (Å²) in [6.07, 6.45) is -2.16. The molecule has 0 atom stereocenters. The molecule has 2 nitrogen and oxygen atoms in total. The molecule has 0 radical (unpaired) electrons. The molecule has 2 aromatic carbocycles. The number of benzene rings is 2. The molecule has 2 N–H and O–H groups in total. The van der Waals surface area contributed by atoms with Gasteiger partial charge in [-0.2, -0.15) is 13.2 Å². The fraction of sp³-hybridized carbons (Fsp3) is 0.368. The molecular formula is C19H19F3N2S. The number of halogens is 3. The third-order valence-electron chi connectivity index (χ3n) is 4.78. The number of rotatable bonds is 2. The molecular weight excluding hydrogens is 345 g/mol. The summed E-state index contributed by atoms with van der Waals surface area (Å²) in [5.41, 5.74) is 1.42. The van der Waals surface area contributed by atoms with Crippen molar-refractivity contribution in [1.29, 1.82) is 0 Å². The van der Waals surface area contributed by atoms with Gasteiger partial charge in [-0.05, 0) is 55.3 Å². The quantitative estimate of drug-likeness (QED) is 0.675. The molecule has 132 valence electrons. The first-order valence-electron chi connectivity index (χ1n) is 8.48. The Morgan fingerprint density at radius 1 is 1.04 bits per heavy atom. The summed E-state index contributed by atoms with van der Waals surface area (Å²) in [5, 5.41) is 6.59. The number of piperidine rings is 1. The molecule has 6 heteroatoms. The molecule has 1 saturated heterocycles. The predicted molar refractivity (Wildman–Crippen MR) is 94.3 cm³/mol. The van der Waals surface area contributed by atoms with E-state index in [0.717, 1.165) is 36.4 Å². The average Bonchev–Trinajstić information content (AvgIpc) is 2.59. The standard InChI is InChI=1S/C19H19F3N2S/c20-19(21,22)16-10-14(24-13-5-7-23-8-6-13)11-18-15(16)9-12-3-1-2-4-17(12)25-18/h1-4,10-11,13,23-24H,5-9H2. The summed E-state index contributed by atoms with van der Waals surface area (Å²) in [5.74, 6) is 0. The molecule has 0 aromatic heterocycles. The smallest absolute Gasteiger partial charge is 0.382 e. The highest BCUT2D eigenvalue weighted by atomic mass is 32.2. The van der Waals surface area contributed by atoms with Crippen LogP contribution in [0.5, 0.6) is 0 Å². The number of hydrogen-bond acceptors (Lipinski definition) is 3. The van der Waals surface area contributed by atoms with Crippen molar-refractivity contribution in [1.82, 2.24) is 5.32 Å². The molecule has 1 fully saturated rings. The van der Waals surface area contributed by atoms with Crippen LogP contribution in [0, 0.1) is 0 Å². The van der Waals surface area contributed by atoms with E-state index in [1.54, 1.807) is 0 Å². The maximum absolute atomic E-state index is 13.7. The van der Waals surface area contributed by atoms with Crippen molar-refractivity contribution < 1.29 is 13.2 Å². The first kappa shape index (κ1) is 16.8. The van der Waals surface area contributed by atoms with E-state index in [9.17, 15) is 13.2 Å². The Labute approximate surface area is 149 Å². The van der Waals surface area contributed by atoms with Gasteiger partial charge in [0.25, 0.3) is 0 Å². The van der Waals surface area contributed by atoms with Crippen LogP contribution < -0.4 is 10.6 Å². The van der Waals surface area contributed by atoms with Crippen LogP contribution in [0.25, 0.3) is 0 Å². The monoisotopic (exact) mass is 364 g/mol. The molecule has 2 aliphatic heterocycles. The Hall–Kier alpha value is -1.66. The van der Waals surface area contributed by atoms with Gasteiger partial charge in [0, 0.05) is 27.9 Å².